The first-order valence-corrected chi connectivity index (χ1v) is 10.1. The molecular weight excluding hydrogens is 369 g/mol. The van der Waals surface area contributed by atoms with E-state index in [1.165, 1.54) is 44.9 Å². The zero-order chi connectivity index (χ0) is 19.2. The van der Waals surface area contributed by atoms with Gasteiger partial charge >= 0.3 is 0 Å². The van der Waals surface area contributed by atoms with Gasteiger partial charge in [-0.3, -0.25) is 16.1 Å². The number of unbranched alkanes of at least 4 members (excludes halogenated alkanes) is 7. The molecule has 1 aromatic carbocycles. The van der Waals surface area contributed by atoms with Crippen LogP contribution in [-0.4, -0.2) is 18.5 Å². The average molecular weight is 400 g/mol. The summed E-state index contributed by atoms with van der Waals surface area (Å²) >= 11 is 11.8. The summed E-state index contributed by atoms with van der Waals surface area (Å²) in [4.78, 5) is 0. The van der Waals surface area contributed by atoms with E-state index in [0.717, 1.165) is 18.5 Å². The largest absolute Gasteiger partial charge is 0.356 e. The molecule has 0 radical (unpaired) electrons. The SMILES string of the molecule is CCCCCCCCCCNC(=N)NC(=N)NCc1ccc(Cl)c(Cl)c1. The van der Waals surface area contributed by atoms with Gasteiger partial charge in [0.15, 0.2) is 11.9 Å². The Labute approximate surface area is 167 Å². The highest BCUT2D eigenvalue weighted by Gasteiger charge is 2.03. The fourth-order valence-corrected chi connectivity index (χ4v) is 2.85. The van der Waals surface area contributed by atoms with Crippen LogP contribution in [0.4, 0.5) is 0 Å². The predicted molar refractivity (Wildman–Crippen MR) is 113 cm³/mol. The van der Waals surface area contributed by atoms with Crippen molar-refractivity contribution in [1.82, 2.24) is 16.0 Å². The fourth-order valence-electron chi connectivity index (χ4n) is 2.53. The van der Waals surface area contributed by atoms with Gasteiger partial charge in [-0.25, -0.2) is 0 Å². The molecule has 0 fully saturated rings. The van der Waals surface area contributed by atoms with E-state index < -0.39 is 0 Å². The van der Waals surface area contributed by atoms with E-state index in [2.05, 4.69) is 22.9 Å². The van der Waals surface area contributed by atoms with E-state index in [1.54, 1.807) is 12.1 Å². The van der Waals surface area contributed by atoms with Gasteiger partial charge in [0, 0.05) is 13.1 Å². The second-order valence-electron chi connectivity index (χ2n) is 6.38. The second kappa shape index (κ2) is 13.7. The molecule has 0 saturated carbocycles. The first-order chi connectivity index (χ1) is 12.5. The monoisotopic (exact) mass is 399 g/mol. The van der Waals surface area contributed by atoms with Crippen molar-refractivity contribution >= 4 is 35.1 Å². The molecule has 26 heavy (non-hydrogen) atoms. The molecule has 0 atom stereocenters. The lowest BCUT2D eigenvalue weighted by Crippen LogP contribution is -2.45. The number of halogens is 2. The van der Waals surface area contributed by atoms with Gasteiger partial charge in [-0.2, -0.15) is 0 Å². The third-order valence-corrected chi connectivity index (χ3v) is 4.77. The Balaban J connectivity index is 2.05. The van der Waals surface area contributed by atoms with Gasteiger partial charge in [0.05, 0.1) is 10.0 Å². The summed E-state index contributed by atoms with van der Waals surface area (Å²) in [5.41, 5.74) is 0.921. The Morgan fingerprint density at radius 2 is 1.46 bits per heavy atom. The minimum atomic E-state index is 0.0736. The van der Waals surface area contributed by atoms with Crippen molar-refractivity contribution in [2.45, 2.75) is 64.8 Å². The molecule has 5 nitrogen and oxygen atoms in total. The van der Waals surface area contributed by atoms with E-state index in [1.807, 2.05) is 6.07 Å². The van der Waals surface area contributed by atoms with Crippen LogP contribution in [-0.2, 0) is 6.54 Å². The normalized spacial score (nSPS) is 10.4. The summed E-state index contributed by atoms with van der Waals surface area (Å²) in [6.45, 7) is 3.42. The molecule has 1 aromatic rings. The Bertz CT molecular complexity index is 563. The lowest BCUT2D eigenvalue weighted by atomic mass is 10.1. The minimum absolute atomic E-state index is 0.0736. The molecule has 0 saturated heterocycles. The van der Waals surface area contributed by atoms with Crippen LogP contribution in [0.1, 0.15) is 63.9 Å². The topological polar surface area (TPSA) is 83.8 Å². The summed E-state index contributed by atoms with van der Waals surface area (Å²) in [6, 6.07) is 5.33. The molecule has 5 N–H and O–H groups in total. The minimum Gasteiger partial charge on any atom is -0.356 e. The maximum atomic E-state index is 7.83. The van der Waals surface area contributed by atoms with Crippen LogP contribution < -0.4 is 16.0 Å². The second-order valence-corrected chi connectivity index (χ2v) is 7.19. The van der Waals surface area contributed by atoms with Crippen LogP contribution in [0.3, 0.4) is 0 Å². The number of hydrogen-bond donors (Lipinski definition) is 5. The molecule has 0 aliphatic carbocycles. The Morgan fingerprint density at radius 3 is 2.12 bits per heavy atom. The smallest absolute Gasteiger partial charge is 0.195 e. The van der Waals surface area contributed by atoms with Crippen molar-refractivity contribution in [2.75, 3.05) is 6.54 Å². The molecule has 7 heteroatoms. The summed E-state index contributed by atoms with van der Waals surface area (Å²) in [5.74, 6) is 0.212. The highest BCUT2D eigenvalue weighted by atomic mass is 35.5. The first-order valence-electron chi connectivity index (χ1n) is 9.38. The molecule has 1 rings (SSSR count). The molecule has 0 heterocycles. The van der Waals surface area contributed by atoms with Crippen LogP contribution in [0, 0.1) is 10.8 Å². The standard InChI is InChI=1S/C19H31Cl2N5/c1-2-3-4-5-6-7-8-9-12-24-18(22)26-19(23)25-14-15-10-11-16(20)17(21)13-15/h10-11,13H,2-9,12,14H2,1H3,(H5,22,23,24,25,26). The fraction of sp³-hybridized carbons (Fsp3) is 0.579. The van der Waals surface area contributed by atoms with E-state index in [9.17, 15) is 0 Å². The molecule has 0 aliphatic heterocycles. The summed E-state index contributed by atoms with van der Waals surface area (Å²) in [6.07, 6.45) is 10.1. The van der Waals surface area contributed by atoms with Crippen LogP contribution in [0.2, 0.25) is 10.0 Å². The van der Waals surface area contributed by atoms with Gasteiger partial charge in [0.1, 0.15) is 0 Å². The van der Waals surface area contributed by atoms with E-state index >= 15 is 0 Å². The van der Waals surface area contributed by atoms with E-state index in [0.29, 0.717) is 16.6 Å². The van der Waals surface area contributed by atoms with Gasteiger partial charge in [-0.05, 0) is 24.1 Å². The zero-order valence-electron chi connectivity index (χ0n) is 15.6. The van der Waals surface area contributed by atoms with Crippen molar-refractivity contribution in [2.24, 2.45) is 0 Å². The lowest BCUT2D eigenvalue weighted by Gasteiger charge is -2.13. The van der Waals surface area contributed by atoms with E-state index in [4.69, 9.17) is 34.0 Å². The number of nitrogens with one attached hydrogen (secondary N) is 5. The first kappa shape index (κ1) is 22.6. The maximum Gasteiger partial charge on any atom is 0.195 e. The van der Waals surface area contributed by atoms with Crippen molar-refractivity contribution in [1.29, 1.82) is 10.8 Å². The Hall–Kier alpha value is -1.46. The molecule has 146 valence electrons. The van der Waals surface area contributed by atoms with Gasteiger partial charge < -0.3 is 10.6 Å². The molecule has 0 aliphatic rings. The number of hydrogen-bond acceptors (Lipinski definition) is 2. The third kappa shape index (κ3) is 10.5. The van der Waals surface area contributed by atoms with Crippen molar-refractivity contribution in [3.8, 4) is 0 Å². The van der Waals surface area contributed by atoms with Gasteiger partial charge in [-0.15, -0.1) is 0 Å². The quantitative estimate of drug-likeness (QED) is 0.199. The van der Waals surface area contributed by atoms with Crippen molar-refractivity contribution < 1.29 is 0 Å². The maximum absolute atomic E-state index is 7.83. The molecule has 0 bridgehead atoms. The predicted octanol–water partition coefficient (Wildman–Crippen LogP) is 5.27. The summed E-state index contributed by atoms with van der Waals surface area (Å²) in [7, 11) is 0. The molecular formula is C19H31Cl2N5. The van der Waals surface area contributed by atoms with Crippen LogP contribution in [0.25, 0.3) is 0 Å². The molecule has 0 amide bonds. The summed E-state index contributed by atoms with van der Waals surface area (Å²) in [5, 5.41) is 25.2. The molecule has 0 spiro atoms. The Morgan fingerprint density at radius 1 is 0.846 bits per heavy atom. The average Bonchev–Trinajstić information content (AvgIpc) is 2.61. The lowest BCUT2D eigenvalue weighted by molar-refractivity contribution is 0.572. The van der Waals surface area contributed by atoms with Crippen molar-refractivity contribution in [3.05, 3.63) is 33.8 Å². The van der Waals surface area contributed by atoms with Gasteiger partial charge in [-0.1, -0.05) is 81.1 Å². The molecule has 0 unspecified atom stereocenters. The zero-order valence-corrected chi connectivity index (χ0v) is 17.1. The van der Waals surface area contributed by atoms with Gasteiger partial charge in [0.2, 0.25) is 0 Å². The van der Waals surface area contributed by atoms with E-state index in [-0.39, 0.29) is 11.9 Å². The highest BCUT2D eigenvalue weighted by molar-refractivity contribution is 6.42. The number of benzene rings is 1. The van der Waals surface area contributed by atoms with Crippen LogP contribution in [0.15, 0.2) is 18.2 Å². The van der Waals surface area contributed by atoms with Crippen LogP contribution >= 0.6 is 23.2 Å². The number of rotatable bonds is 11. The third-order valence-electron chi connectivity index (χ3n) is 4.04. The van der Waals surface area contributed by atoms with Gasteiger partial charge in [0.25, 0.3) is 0 Å². The van der Waals surface area contributed by atoms with Crippen molar-refractivity contribution in [3.63, 3.8) is 0 Å². The summed E-state index contributed by atoms with van der Waals surface area (Å²) < 4.78 is 0. The highest BCUT2D eigenvalue weighted by Crippen LogP contribution is 2.22. The van der Waals surface area contributed by atoms with Crippen LogP contribution in [0.5, 0.6) is 0 Å². The molecule has 0 aromatic heterocycles. The number of guanidine groups is 2. The Kier molecular flexibility index (Phi) is 11.9.